The predicted molar refractivity (Wildman–Crippen MR) is 106 cm³/mol. The van der Waals surface area contributed by atoms with Gasteiger partial charge in [-0.05, 0) is 43.4 Å². The van der Waals surface area contributed by atoms with Crippen LogP contribution in [0.25, 0.3) is 0 Å². The standard InChI is InChI=1S/C22H26N2O4/c1-6-27-16-8-7-13(9-17(16)26-5)19-18-12(2)24-28-21(18)23-14-10-22(3,4)11-15(25)20(14)19/h7-9,19,23H,6,10-11H2,1-5H3/t19-/m0/s1. The van der Waals surface area contributed by atoms with E-state index in [4.69, 9.17) is 14.0 Å². The van der Waals surface area contributed by atoms with Gasteiger partial charge >= 0.3 is 0 Å². The third kappa shape index (κ3) is 2.97. The number of carbonyl (C=O) groups is 1. The summed E-state index contributed by atoms with van der Waals surface area (Å²) in [5.74, 6) is 1.91. The summed E-state index contributed by atoms with van der Waals surface area (Å²) < 4.78 is 16.7. The monoisotopic (exact) mass is 382 g/mol. The number of nitrogens with zero attached hydrogens (tertiary/aromatic N) is 1. The smallest absolute Gasteiger partial charge is 0.233 e. The van der Waals surface area contributed by atoms with Crippen LogP contribution in [0.2, 0.25) is 0 Å². The Morgan fingerprint density at radius 3 is 2.79 bits per heavy atom. The second-order valence-corrected chi connectivity index (χ2v) is 8.25. The number of fused-ring (bicyclic) bond motifs is 1. The number of allylic oxidation sites excluding steroid dienone is 2. The first-order valence-corrected chi connectivity index (χ1v) is 9.64. The molecule has 0 radical (unpaired) electrons. The number of hydrogen-bond acceptors (Lipinski definition) is 6. The molecule has 148 valence electrons. The Labute approximate surface area is 164 Å². The number of anilines is 1. The molecule has 1 aliphatic heterocycles. The van der Waals surface area contributed by atoms with E-state index in [1.807, 2.05) is 32.0 Å². The number of rotatable bonds is 4. The highest BCUT2D eigenvalue weighted by molar-refractivity contribution is 6.01. The zero-order valence-electron chi connectivity index (χ0n) is 17.0. The van der Waals surface area contributed by atoms with Crippen LogP contribution < -0.4 is 14.8 Å². The first-order valence-electron chi connectivity index (χ1n) is 9.64. The zero-order chi connectivity index (χ0) is 20.1. The number of aryl methyl sites for hydroxylation is 1. The molecule has 0 fully saturated rings. The number of methoxy groups -OCH3 is 1. The van der Waals surface area contributed by atoms with Crippen LogP contribution in [-0.2, 0) is 4.79 Å². The van der Waals surface area contributed by atoms with Crippen LogP contribution in [0.4, 0.5) is 5.88 Å². The van der Waals surface area contributed by atoms with Gasteiger partial charge in [-0.2, -0.15) is 0 Å². The third-order valence-corrected chi connectivity index (χ3v) is 5.49. The molecule has 6 nitrogen and oxygen atoms in total. The van der Waals surface area contributed by atoms with Gasteiger partial charge in [0.1, 0.15) is 0 Å². The predicted octanol–water partition coefficient (Wildman–Crippen LogP) is 4.59. The number of Topliss-reactive ketones (excluding diaryl/α,β-unsaturated/α-hetero) is 1. The highest BCUT2D eigenvalue weighted by Gasteiger charge is 2.43. The van der Waals surface area contributed by atoms with Crippen LogP contribution >= 0.6 is 0 Å². The van der Waals surface area contributed by atoms with E-state index in [2.05, 4.69) is 24.3 Å². The highest BCUT2D eigenvalue weighted by atomic mass is 16.5. The van der Waals surface area contributed by atoms with Gasteiger partial charge in [0.25, 0.3) is 0 Å². The van der Waals surface area contributed by atoms with Gasteiger partial charge in [-0.25, -0.2) is 0 Å². The lowest BCUT2D eigenvalue weighted by Crippen LogP contribution is -2.33. The molecule has 2 aromatic rings. The minimum absolute atomic E-state index is 0.0868. The lowest BCUT2D eigenvalue weighted by Gasteiger charge is -2.37. The number of aromatic nitrogens is 1. The van der Waals surface area contributed by atoms with Crippen LogP contribution in [0.1, 0.15) is 56.4 Å². The first kappa shape index (κ1) is 18.6. The van der Waals surface area contributed by atoms with E-state index >= 15 is 0 Å². The van der Waals surface area contributed by atoms with Crippen LogP contribution in [0.5, 0.6) is 11.5 Å². The molecule has 2 heterocycles. The van der Waals surface area contributed by atoms with Crippen molar-refractivity contribution in [1.82, 2.24) is 5.16 Å². The molecule has 2 aliphatic rings. The van der Waals surface area contributed by atoms with Crippen LogP contribution in [0.3, 0.4) is 0 Å². The third-order valence-electron chi connectivity index (χ3n) is 5.49. The van der Waals surface area contributed by atoms with E-state index < -0.39 is 0 Å². The maximum absolute atomic E-state index is 13.2. The van der Waals surface area contributed by atoms with Gasteiger partial charge in [-0.3, -0.25) is 4.79 Å². The fourth-order valence-electron chi connectivity index (χ4n) is 4.34. The molecular formula is C22H26N2O4. The highest BCUT2D eigenvalue weighted by Crippen LogP contribution is 2.50. The molecule has 0 saturated carbocycles. The number of hydrogen-bond donors (Lipinski definition) is 1. The number of ketones is 1. The number of carbonyl (C=O) groups excluding carboxylic acids is 1. The number of ether oxygens (including phenoxy) is 2. The van der Waals surface area contributed by atoms with E-state index in [1.165, 1.54) is 0 Å². The summed E-state index contributed by atoms with van der Waals surface area (Å²) >= 11 is 0. The summed E-state index contributed by atoms with van der Waals surface area (Å²) in [5.41, 5.74) is 4.32. The fourth-order valence-corrected chi connectivity index (χ4v) is 4.34. The Morgan fingerprint density at radius 2 is 2.07 bits per heavy atom. The molecule has 0 spiro atoms. The summed E-state index contributed by atoms with van der Waals surface area (Å²) in [7, 11) is 1.62. The van der Waals surface area contributed by atoms with Crippen LogP contribution in [0.15, 0.2) is 34.0 Å². The van der Waals surface area contributed by atoms with E-state index in [1.54, 1.807) is 7.11 Å². The van der Waals surface area contributed by atoms with Gasteiger partial charge in [0, 0.05) is 23.6 Å². The van der Waals surface area contributed by atoms with Gasteiger partial charge < -0.3 is 19.3 Å². The van der Waals surface area contributed by atoms with Crippen molar-refractivity contribution in [3.63, 3.8) is 0 Å². The molecule has 1 aliphatic carbocycles. The summed E-state index contributed by atoms with van der Waals surface area (Å²) in [6, 6.07) is 5.85. The molecule has 0 amide bonds. The SMILES string of the molecule is CCOc1ccc([C@@H]2C3=C(CC(C)(C)CC3=O)Nc3onc(C)c32)cc1OC. The second kappa shape index (κ2) is 6.69. The summed E-state index contributed by atoms with van der Waals surface area (Å²) in [6.45, 7) is 8.64. The summed E-state index contributed by atoms with van der Waals surface area (Å²) in [6.07, 6.45) is 1.32. The number of nitrogens with one attached hydrogen (secondary N) is 1. The maximum Gasteiger partial charge on any atom is 0.233 e. The molecule has 0 saturated heterocycles. The minimum Gasteiger partial charge on any atom is -0.493 e. The topological polar surface area (TPSA) is 73.6 Å². The van der Waals surface area contributed by atoms with Gasteiger partial charge in [0.2, 0.25) is 5.88 Å². The van der Waals surface area contributed by atoms with Gasteiger partial charge in [0.05, 0.1) is 25.0 Å². The maximum atomic E-state index is 13.2. The zero-order valence-corrected chi connectivity index (χ0v) is 17.0. The molecule has 1 aromatic carbocycles. The molecule has 0 unspecified atom stereocenters. The Morgan fingerprint density at radius 1 is 1.29 bits per heavy atom. The minimum atomic E-state index is -0.231. The molecule has 0 bridgehead atoms. The fraction of sp³-hybridized carbons (Fsp3) is 0.455. The average Bonchev–Trinajstić information content (AvgIpc) is 3.00. The van der Waals surface area contributed by atoms with E-state index in [0.717, 1.165) is 34.5 Å². The van der Waals surface area contributed by atoms with Gasteiger partial charge in [0.15, 0.2) is 17.3 Å². The van der Waals surface area contributed by atoms with Crippen molar-refractivity contribution in [3.05, 3.63) is 46.3 Å². The Bertz CT molecular complexity index is 971. The van der Waals surface area contributed by atoms with Crippen molar-refractivity contribution in [2.75, 3.05) is 19.0 Å². The Kier molecular flexibility index (Phi) is 4.44. The Hall–Kier alpha value is -2.76. The van der Waals surface area contributed by atoms with Crippen molar-refractivity contribution < 1.29 is 18.8 Å². The van der Waals surface area contributed by atoms with Crippen molar-refractivity contribution >= 4 is 11.7 Å². The second-order valence-electron chi connectivity index (χ2n) is 8.25. The average molecular weight is 382 g/mol. The normalized spacial score (nSPS) is 20.3. The van der Waals surface area contributed by atoms with Crippen molar-refractivity contribution in [2.24, 2.45) is 5.41 Å². The van der Waals surface area contributed by atoms with Crippen LogP contribution in [-0.4, -0.2) is 24.7 Å². The van der Waals surface area contributed by atoms with E-state index in [-0.39, 0.29) is 17.1 Å². The van der Waals surface area contributed by atoms with Crippen molar-refractivity contribution in [2.45, 2.75) is 46.5 Å². The Balaban J connectivity index is 1.89. The first-order chi connectivity index (χ1) is 13.3. The molecule has 28 heavy (non-hydrogen) atoms. The van der Waals surface area contributed by atoms with Gasteiger partial charge in [-0.1, -0.05) is 25.1 Å². The quantitative estimate of drug-likeness (QED) is 0.834. The summed E-state index contributed by atoms with van der Waals surface area (Å²) in [5, 5.41) is 7.49. The molecule has 1 atom stereocenters. The van der Waals surface area contributed by atoms with Gasteiger partial charge in [-0.15, -0.1) is 0 Å². The molecule has 4 rings (SSSR count). The van der Waals surface area contributed by atoms with Crippen molar-refractivity contribution in [3.8, 4) is 11.5 Å². The molecule has 6 heteroatoms. The molecular weight excluding hydrogens is 356 g/mol. The molecule has 1 aromatic heterocycles. The molecule has 1 N–H and O–H groups in total. The summed E-state index contributed by atoms with van der Waals surface area (Å²) in [4.78, 5) is 13.2. The van der Waals surface area contributed by atoms with Crippen LogP contribution in [0, 0.1) is 12.3 Å². The lowest BCUT2D eigenvalue weighted by molar-refractivity contribution is -0.118. The van der Waals surface area contributed by atoms with Crippen molar-refractivity contribution in [1.29, 1.82) is 0 Å². The van der Waals surface area contributed by atoms with E-state index in [9.17, 15) is 4.79 Å². The largest absolute Gasteiger partial charge is 0.493 e. The van der Waals surface area contributed by atoms with E-state index in [0.29, 0.717) is 30.4 Å². The number of benzene rings is 1. The lowest BCUT2D eigenvalue weighted by atomic mass is 9.69.